The quantitative estimate of drug-likeness (QED) is 0.162. The number of nitrogens with zero attached hydrogens (tertiary/aromatic N) is 4. The Hall–Kier alpha value is -5.95. The second-order valence-electron chi connectivity index (χ2n) is 12.9. The normalized spacial score (nSPS) is 14.1. The Morgan fingerprint density at radius 2 is 1.82 bits per heavy atom. The summed E-state index contributed by atoms with van der Waals surface area (Å²) in [7, 11) is 1.60. The zero-order valence-corrected chi connectivity index (χ0v) is 31.2. The van der Waals surface area contributed by atoms with Crippen LogP contribution in [0.5, 0.6) is 17.4 Å². The van der Waals surface area contributed by atoms with Crippen LogP contribution in [0.4, 0.5) is 4.39 Å². The molecule has 55 heavy (non-hydrogen) atoms. The van der Waals surface area contributed by atoms with E-state index in [0.717, 1.165) is 43.8 Å². The van der Waals surface area contributed by atoms with Crippen molar-refractivity contribution in [3.8, 4) is 50.3 Å². The van der Waals surface area contributed by atoms with Crippen molar-refractivity contribution in [2.24, 2.45) is 0 Å². The molecule has 0 fully saturated rings. The first-order chi connectivity index (χ1) is 26.8. The number of ether oxygens (including phenoxy) is 3. The summed E-state index contributed by atoms with van der Waals surface area (Å²) in [5.41, 5.74) is 6.92. The molecule has 9 rings (SSSR count). The maximum atomic E-state index is 14.1. The topological polar surface area (TPSA) is 129 Å². The molecule has 0 radical (unpaired) electrons. The van der Waals surface area contributed by atoms with E-state index in [1.165, 1.54) is 29.8 Å². The Labute approximate surface area is 324 Å². The molecule has 0 saturated heterocycles. The number of hydrogen-bond donors (Lipinski definition) is 2. The Kier molecular flexibility index (Phi) is 10.1. The first kappa shape index (κ1) is 36.0. The summed E-state index contributed by atoms with van der Waals surface area (Å²) < 4.78 is 32.3. The standard InChI is InChI=1S/C42H33ClFN5O5S/c1-23-30-13-10-26(37(23)43)20-45-19-24-7-14-32(53-21-29-15-16-46-39(49-29)31-5-3-4-6-33(31)52-2)27(17-24)18-34(42(50)51)54-40-36-35(30)38(55-41(36)48-22-47-40)25-8-11-28(44)12-9-25/h3-17,22,34,45H,18-21H2,1-2H3,(H,50,51)/t34-/m1/s1. The third kappa shape index (κ3) is 7.31. The number of para-hydroxylation sites is 1. The van der Waals surface area contributed by atoms with E-state index in [1.807, 2.05) is 61.5 Å². The van der Waals surface area contributed by atoms with E-state index in [9.17, 15) is 14.3 Å². The number of halogens is 2. The Morgan fingerprint density at radius 1 is 0.982 bits per heavy atom. The summed E-state index contributed by atoms with van der Waals surface area (Å²) in [6.07, 6.45) is 1.62. The number of hydrogen-bond acceptors (Lipinski definition) is 10. The largest absolute Gasteiger partial charge is 0.496 e. The highest BCUT2D eigenvalue weighted by Gasteiger charge is 2.28. The molecule has 0 unspecified atom stereocenters. The van der Waals surface area contributed by atoms with Crippen LogP contribution in [0, 0.1) is 12.7 Å². The third-order valence-corrected chi connectivity index (χ3v) is 11.1. The van der Waals surface area contributed by atoms with E-state index >= 15 is 0 Å². The number of aromatic nitrogens is 4. The number of benzene rings is 4. The summed E-state index contributed by atoms with van der Waals surface area (Å²) in [6, 6.07) is 25.1. The lowest BCUT2D eigenvalue weighted by molar-refractivity contribution is -0.145. The van der Waals surface area contributed by atoms with Gasteiger partial charge in [0.2, 0.25) is 12.0 Å². The van der Waals surface area contributed by atoms with Gasteiger partial charge in [-0.05, 0) is 76.7 Å². The summed E-state index contributed by atoms with van der Waals surface area (Å²) in [5, 5.41) is 15.2. The average molecular weight is 774 g/mol. The fraction of sp³-hybridized carbons (Fsp3) is 0.167. The van der Waals surface area contributed by atoms with Crippen molar-refractivity contribution < 1.29 is 28.5 Å². The predicted octanol–water partition coefficient (Wildman–Crippen LogP) is 8.85. The molecule has 0 saturated carbocycles. The Balaban J connectivity index is 1.20. The van der Waals surface area contributed by atoms with Crippen LogP contribution in [0.2, 0.25) is 5.02 Å². The fourth-order valence-electron chi connectivity index (χ4n) is 6.69. The minimum Gasteiger partial charge on any atom is -0.496 e. The second-order valence-corrected chi connectivity index (χ2v) is 14.3. The van der Waals surface area contributed by atoms with Crippen LogP contribution in [0.15, 0.2) is 97.5 Å². The molecule has 2 N–H and O–H groups in total. The molecule has 7 aromatic rings. The van der Waals surface area contributed by atoms with Gasteiger partial charge < -0.3 is 24.6 Å². The highest BCUT2D eigenvalue weighted by atomic mass is 35.5. The van der Waals surface area contributed by atoms with Gasteiger partial charge in [-0.15, -0.1) is 11.3 Å². The van der Waals surface area contributed by atoms with Crippen LogP contribution < -0.4 is 19.5 Å². The van der Waals surface area contributed by atoms with Gasteiger partial charge in [-0.3, -0.25) is 0 Å². The first-order valence-corrected chi connectivity index (χ1v) is 18.6. The van der Waals surface area contributed by atoms with Crippen molar-refractivity contribution in [2.75, 3.05) is 7.11 Å². The lowest BCUT2D eigenvalue weighted by Crippen LogP contribution is -2.30. The molecule has 4 aromatic carbocycles. The summed E-state index contributed by atoms with van der Waals surface area (Å²) >= 11 is 8.43. The maximum Gasteiger partial charge on any atom is 0.345 e. The number of nitrogens with one attached hydrogen (secondary N) is 1. The van der Waals surface area contributed by atoms with E-state index in [1.54, 1.807) is 31.5 Å². The molecular formula is C42H33ClFN5O5S. The van der Waals surface area contributed by atoms with Gasteiger partial charge >= 0.3 is 5.97 Å². The molecule has 2 aliphatic rings. The van der Waals surface area contributed by atoms with Crippen molar-refractivity contribution in [1.29, 1.82) is 0 Å². The lowest BCUT2D eigenvalue weighted by Gasteiger charge is -2.20. The van der Waals surface area contributed by atoms with Crippen molar-refractivity contribution in [1.82, 2.24) is 25.3 Å². The molecule has 276 valence electrons. The molecule has 4 bridgehead atoms. The number of fused-ring (bicyclic) bond motifs is 6. The smallest absolute Gasteiger partial charge is 0.345 e. The number of aliphatic carboxylic acids is 1. The Bertz CT molecular complexity index is 2570. The van der Waals surface area contributed by atoms with Gasteiger partial charge in [0, 0.05) is 41.2 Å². The van der Waals surface area contributed by atoms with Gasteiger partial charge in [-0.1, -0.05) is 60.1 Å². The lowest BCUT2D eigenvalue weighted by atomic mass is 9.94. The third-order valence-electron chi connectivity index (χ3n) is 9.44. The van der Waals surface area contributed by atoms with E-state index in [4.69, 9.17) is 30.8 Å². The van der Waals surface area contributed by atoms with Gasteiger partial charge in [0.25, 0.3) is 0 Å². The SMILES string of the molecule is COc1ccccc1-c1nccc(COc2ccc3cc2C[C@H](C(=O)O)Oc2ncnc4sc(-c5ccc(F)cc5)c(c24)-c2ccc(c(Cl)c2C)CNC3)n1. The van der Waals surface area contributed by atoms with Crippen LogP contribution in [0.1, 0.15) is 27.9 Å². The summed E-state index contributed by atoms with van der Waals surface area (Å²) in [4.78, 5) is 32.6. The maximum absolute atomic E-state index is 14.1. The predicted molar refractivity (Wildman–Crippen MR) is 209 cm³/mol. The minimum absolute atomic E-state index is 0.0386. The molecule has 0 spiro atoms. The van der Waals surface area contributed by atoms with Crippen molar-refractivity contribution in [2.45, 2.75) is 39.1 Å². The van der Waals surface area contributed by atoms with Gasteiger partial charge in [-0.2, -0.15) is 0 Å². The average Bonchev–Trinajstić information content (AvgIpc) is 3.59. The number of carboxylic acids is 1. The monoisotopic (exact) mass is 773 g/mol. The van der Waals surface area contributed by atoms with E-state index in [-0.39, 0.29) is 24.7 Å². The van der Waals surface area contributed by atoms with Gasteiger partial charge in [0.05, 0.1) is 23.8 Å². The molecule has 5 heterocycles. The number of thiophene rings is 1. The van der Waals surface area contributed by atoms with Crippen molar-refractivity contribution in [3.05, 3.63) is 136 Å². The molecule has 2 aliphatic heterocycles. The van der Waals surface area contributed by atoms with Gasteiger partial charge in [0.15, 0.2) is 5.82 Å². The molecule has 0 amide bonds. The highest BCUT2D eigenvalue weighted by molar-refractivity contribution is 7.22. The van der Waals surface area contributed by atoms with E-state index < -0.39 is 12.1 Å². The first-order valence-electron chi connectivity index (χ1n) is 17.4. The number of carbonyl (C=O) groups is 1. The van der Waals surface area contributed by atoms with Crippen LogP contribution >= 0.6 is 22.9 Å². The zero-order valence-electron chi connectivity index (χ0n) is 29.7. The zero-order chi connectivity index (χ0) is 38.1. The summed E-state index contributed by atoms with van der Waals surface area (Å²) in [5.74, 6) is 0.179. The molecule has 0 aliphatic carbocycles. The van der Waals surface area contributed by atoms with E-state index in [2.05, 4.69) is 20.3 Å². The van der Waals surface area contributed by atoms with Crippen LogP contribution in [0.25, 0.3) is 43.2 Å². The highest BCUT2D eigenvalue weighted by Crippen LogP contribution is 2.49. The molecule has 3 aromatic heterocycles. The van der Waals surface area contributed by atoms with E-state index in [0.29, 0.717) is 56.9 Å². The molecule has 10 nitrogen and oxygen atoms in total. The van der Waals surface area contributed by atoms with Crippen molar-refractivity contribution >= 4 is 39.1 Å². The van der Waals surface area contributed by atoms with Crippen molar-refractivity contribution in [3.63, 3.8) is 0 Å². The fourth-order valence-corrected chi connectivity index (χ4v) is 8.08. The van der Waals surface area contributed by atoms with Crippen LogP contribution in [-0.2, 0) is 30.9 Å². The van der Waals surface area contributed by atoms with Gasteiger partial charge in [0.1, 0.15) is 35.1 Å². The van der Waals surface area contributed by atoms with Gasteiger partial charge in [-0.25, -0.2) is 29.1 Å². The number of carboxylic acid groups (broad SMARTS) is 1. The minimum atomic E-state index is -1.36. The molecule has 13 heteroatoms. The second kappa shape index (κ2) is 15.4. The van der Waals surface area contributed by atoms with Crippen LogP contribution in [0.3, 0.4) is 0 Å². The number of methoxy groups -OCH3 is 1. The summed E-state index contributed by atoms with van der Waals surface area (Å²) in [6.45, 7) is 3.00. The molecule has 1 atom stereocenters. The Morgan fingerprint density at radius 3 is 2.64 bits per heavy atom. The van der Waals surface area contributed by atoms with Crippen LogP contribution in [-0.4, -0.2) is 44.2 Å². The number of rotatable bonds is 7. The molecular weight excluding hydrogens is 741 g/mol.